The molecule has 0 bridgehead atoms. The molecule has 1 aromatic rings. The van der Waals surface area contributed by atoms with Crippen molar-refractivity contribution in [3.8, 4) is 0 Å². The van der Waals surface area contributed by atoms with Crippen LogP contribution in [-0.4, -0.2) is 30.6 Å². The normalized spacial score (nSPS) is 13.6. The van der Waals surface area contributed by atoms with E-state index in [1.54, 1.807) is 0 Å². The van der Waals surface area contributed by atoms with Crippen LogP contribution in [0.25, 0.3) is 0 Å². The maximum Gasteiger partial charge on any atom is 0.220 e. The van der Waals surface area contributed by atoms with Crippen molar-refractivity contribution in [2.45, 2.75) is 85.1 Å². The van der Waals surface area contributed by atoms with E-state index in [-0.39, 0.29) is 11.9 Å². The standard InChI is InChI=1S/C24H38ClN3O2/c1-5-7-8-10-20(9-6-2)23(16-26-17-29)28-24(30)14-11-19(4)27-22-13-12-21(25)15-18(22)3/h12-13,15,17,20,23H,5-11,14,16H2,1-4H3,(H,26,29)(H,28,30)/b27-19+. The molecule has 0 spiro atoms. The second-order valence-electron chi connectivity index (χ2n) is 8.02. The van der Waals surface area contributed by atoms with Crippen LogP contribution in [0.2, 0.25) is 5.02 Å². The van der Waals surface area contributed by atoms with Crippen LogP contribution in [0.1, 0.15) is 77.7 Å². The minimum atomic E-state index is -0.0322. The molecule has 2 atom stereocenters. The summed E-state index contributed by atoms with van der Waals surface area (Å²) >= 11 is 6.00. The van der Waals surface area contributed by atoms with Crippen LogP contribution in [0.15, 0.2) is 23.2 Å². The molecule has 0 saturated carbocycles. The fraction of sp³-hybridized carbons (Fsp3) is 0.625. The van der Waals surface area contributed by atoms with Crippen LogP contribution in [0.5, 0.6) is 0 Å². The number of hydrogen-bond donors (Lipinski definition) is 2. The zero-order valence-electron chi connectivity index (χ0n) is 19.0. The maximum atomic E-state index is 12.6. The van der Waals surface area contributed by atoms with Crippen molar-refractivity contribution in [2.24, 2.45) is 10.9 Å². The lowest BCUT2D eigenvalue weighted by molar-refractivity contribution is -0.122. The predicted molar refractivity (Wildman–Crippen MR) is 127 cm³/mol. The van der Waals surface area contributed by atoms with Gasteiger partial charge in [-0.3, -0.25) is 14.6 Å². The number of aryl methyl sites for hydroxylation is 1. The Labute approximate surface area is 187 Å². The van der Waals surface area contributed by atoms with Gasteiger partial charge in [-0.1, -0.05) is 51.1 Å². The van der Waals surface area contributed by atoms with E-state index in [2.05, 4.69) is 29.5 Å². The lowest BCUT2D eigenvalue weighted by Crippen LogP contribution is -2.46. The fourth-order valence-electron chi connectivity index (χ4n) is 3.66. The van der Waals surface area contributed by atoms with Crippen LogP contribution in [0.4, 0.5) is 5.69 Å². The van der Waals surface area contributed by atoms with E-state index in [1.165, 1.54) is 12.8 Å². The average Bonchev–Trinajstić information content (AvgIpc) is 2.71. The number of halogens is 1. The molecular weight excluding hydrogens is 398 g/mol. The lowest BCUT2D eigenvalue weighted by Gasteiger charge is -2.28. The number of rotatable bonds is 15. The zero-order chi connectivity index (χ0) is 22.4. The van der Waals surface area contributed by atoms with Crippen molar-refractivity contribution in [3.63, 3.8) is 0 Å². The monoisotopic (exact) mass is 435 g/mol. The van der Waals surface area contributed by atoms with Gasteiger partial charge >= 0.3 is 0 Å². The van der Waals surface area contributed by atoms with Crippen molar-refractivity contribution in [1.29, 1.82) is 0 Å². The Morgan fingerprint density at radius 2 is 1.93 bits per heavy atom. The van der Waals surface area contributed by atoms with E-state index in [4.69, 9.17) is 11.6 Å². The third-order valence-corrected chi connectivity index (χ3v) is 5.59. The Bertz CT molecular complexity index is 691. The Morgan fingerprint density at radius 3 is 2.57 bits per heavy atom. The van der Waals surface area contributed by atoms with E-state index < -0.39 is 0 Å². The average molecular weight is 436 g/mol. The summed E-state index contributed by atoms with van der Waals surface area (Å²) in [6.45, 7) is 8.75. The first-order valence-corrected chi connectivity index (χ1v) is 11.6. The second kappa shape index (κ2) is 15.0. The highest BCUT2D eigenvalue weighted by atomic mass is 35.5. The van der Waals surface area contributed by atoms with Crippen molar-refractivity contribution in [1.82, 2.24) is 10.6 Å². The first kappa shape index (κ1) is 26.2. The van der Waals surface area contributed by atoms with Gasteiger partial charge in [0.1, 0.15) is 0 Å². The molecule has 0 aliphatic carbocycles. The molecule has 0 fully saturated rings. The van der Waals surface area contributed by atoms with E-state index in [0.29, 0.717) is 36.7 Å². The number of nitrogens with one attached hydrogen (secondary N) is 2. The molecule has 5 nitrogen and oxygen atoms in total. The maximum absolute atomic E-state index is 12.6. The summed E-state index contributed by atoms with van der Waals surface area (Å²) in [4.78, 5) is 28.1. The molecule has 2 unspecified atom stereocenters. The first-order chi connectivity index (χ1) is 14.4. The summed E-state index contributed by atoms with van der Waals surface area (Å²) < 4.78 is 0. The Morgan fingerprint density at radius 1 is 1.17 bits per heavy atom. The molecule has 2 N–H and O–H groups in total. The number of carbonyl (C=O) groups excluding carboxylic acids is 2. The van der Waals surface area contributed by atoms with Crippen molar-refractivity contribution >= 4 is 35.3 Å². The lowest BCUT2D eigenvalue weighted by atomic mass is 9.89. The van der Waals surface area contributed by atoms with Crippen LogP contribution in [0.3, 0.4) is 0 Å². The van der Waals surface area contributed by atoms with Crippen LogP contribution in [-0.2, 0) is 9.59 Å². The van der Waals surface area contributed by atoms with Gasteiger partial charge in [0.25, 0.3) is 0 Å². The van der Waals surface area contributed by atoms with E-state index in [0.717, 1.165) is 42.6 Å². The Kier molecular flexibility index (Phi) is 13.1. The predicted octanol–water partition coefficient (Wildman–Crippen LogP) is 5.75. The Balaban J connectivity index is 2.68. The van der Waals surface area contributed by atoms with E-state index in [1.807, 2.05) is 32.0 Å². The molecule has 0 radical (unpaired) electrons. The minimum Gasteiger partial charge on any atom is -0.357 e. The van der Waals surface area contributed by atoms with E-state index in [9.17, 15) is 9.59 Å². The van der Waals surface area contributed by atoms with Crippen molar-refractivity contribution < 1.29 is 9.59 Å². The number of amides is 2. The number of carbonyl (C=O) groups is 2. The number of benzene rings is 1. The van der Waals surface area contributed by atoms with Gasteiger partial charge in [-0.05, 0) is 62.8 Å². The van der Waals surface area contributed by atoms with Crippen molar-refractivity contribution in [3.05, 3.63) is 28.8 Å². The number of hydrogen-bond acceptors (Lipinski definition) is 3. The molecule has 0 aliphatic heterocycles. The molecule has 0 aliphatic rings. The van der Waals surface area contributed by atoms with Crippen LogP contribution >= 0.6 is 11.6 Å². The van der Waals surface area contributed by atoms with Gasteiger partial charge in [0.05, 0.1) is 5.69 Å². The van der Waals surface area contributed by atoms with Crippen molar-refractivity contribution in [2.75, 3.05) is 6.54 Å². The first-order valence-electron chi connectivity index (χ1n) is 11.2. The van der Waals surface area contributed by atoms with Gasteiger partial charge < -0.3 is 10.6 Å². The third-order valence-electron chi connectivity index (χ3n) is 5.36. The summed E-state index contributed by atoms with van der Waals surface area (Å²) in [5, 5.41) is 6.62. The zero-order valence-corrected chi connectivity index (χ0v) is 19.7. The molecule has 0 saturated heterocycles. The minimum absolute atomic E-state index is 0.00618. The van der Waals surface area contributed by atoms with Gasteiger partial charge in [0.15, 0.2) is 0 Å². The summed E-state index contributed by atoms with van der Waals surface area (Å²) in [5.41, 5.74) is 2.80. The summed E-state index contributed by atoms with van der Waals surface area (Å²) in [5.74, 6) is 0.385. The number of unbranched alkanes of at least 4 members (excludes halogenated alkanes) is 2. The molecule has 2 amide bonds. The topological polar surface area (TPSA) is 70.6 Å². The second-order valence-corrected chi connectivity index (χ2v) is 8.46. The number of aliphatic imine (C=N–C) groups is 1. The smallest absolute Gasteiger partial charge is 0.220 e. The fourth-order valence-corrected chi connectivity index (χ4v) is 3.89. The molecule has 1 aromatic carbocycles. The molecule has 0 heterocycles. The molecule has 1 rings (SSSR count). The van der Waals surface area contributed by atoms with Gasteiger partial charge in [-0.2, -0.15) is 0 Å². The Hall–Kier alpha value is -1.88. The highest BCUT2D eigenvalue weighted by Gasteiger charge is 2.22. The van der Waals surface area contributed by atoms with Gasteiger partial charge in [-0.15, -0.1) is 0 Å². The van der Waals surface area contributed by atoms with Crippen LogP contribution < -0.4 is 10.6 Å². The number of nitrogens with zero attached hydrogens (tertiary/aromatic N) is 1. The summed E-state index contributed by atoms with van der Waals surface area (Å²) in [6.07, 6.45) is 8.39. The molecule has 30 heavy (non-hydrogen) atoms. The summed E-state index contributed by atoms with van der Waals surface area (Å²) in [6, 6.07) is 5.57. The van der Waals surface area contributed by atoms with Gasteiger partial charge in [-0.25, -0.2) is 0 Å². The highest BCUT2D eigenvalue weighted by Crippen LogP contribution is 2.23. The molecule has 0 aromatic heterocycles. The molecule has 168 valence electrons. The molecule has 6 heteroatoms. The third kappa shape index (κ3) is 10.2. The van der Waals surface area contributed by atoms with E-state index >= 15 is 0 Å². The van der Waals surface area contributed by atoms with Gasteiger partial charge in [0.2, 0.25) is 12.3 Å². The molecular formula is C24H38ClN3O2. The highest BCUT2D eigenvalue weighted by molar-refractivity contribution is 6.30. The SMILES string of the molecule is CCCCCC(CCC)C(CNC=O)NC(=O)CC/C(C)=N/c1ccc(Cl)cc1C. The quantitative estimate of drug-likeness (QED) is 0.209. The van der Waals surface area contributed by atoms with Crippen LogP contribution in [0, 0.1) is 12.8 Å². The summed E-state index contributed by atoms with van der Waals surface area (Å²) in [7, 11) is 0. The van der Waals surface area contributed by atoms with Gasteiger partial charge in [0, 0.05) is 29.7 Å². The largest absolute Gasteiger partial charge is 0.357 e.